The van der Waals surface area contributed by atoms with Gasteiger partial charge in [-0.15, -0.1) is 23.1 Å². The van der Waals surface area contributed by atoms with Crippen LogP contribution >= 0.6 is 23.1 Å². The highest BCUT2D eigenvalue weighted by molar-refractivity contribution is 8.01. The van der Waals surface area contributed by atoms with E-state index in [0.29, 0.717) is 6.04 Å². The summed E-state index contributed by atoms with van der Waals surface area (Å²) >= 11 is 3.78. The Morgan fingerprint density at radius 3 is 2.75 bits per heavy atom. The predicted octanol–water partition coefficient (Wildman–Crippen LogP) is 4.25. The van der Waals surface area contributed by atoms with Crippen LogP contribution in [0, 0.1) is 5.92 Å². The molecule has 1 heterocycles. The first-order valence-corrected chi connectivity index (χ1v) is 7.94. The third-order valence-electron chi connectivity index (χ3n) is 2.51. The Morgan fingerprint density at radius 1 is 1.31 bits per heavy atom. The minimum atomic E-state index is 0.659. The van der Waals surface area contributed by atoms with E-state index in [9.17, 15) is 0 Å². The summed E-state index contributed by atoms with van der Waals surface area (Å²) in [5, 5.41) is 5.72. The van der Waals surface area contributed by atoms with E-state index in [1.165, 1.54) is 22.8 Å². The average Bonchev–Trinajstić information content (AvgIpc) is 2.74. The van der Waals surface area contributed by atoms with Crippen molar-refractivity contribution < 1.29 is 0 Å². The molecule has 0 aromatic carbocycles. The SMILES string of the molecule is CC(C)CCC(C)NCCSc1cccs1. The second-order valence-electron chi connectivity index (χ2n) is 4.61. The lowest BCUT2D eigenvalue weighted by Gasteiger charge is -2.14. The monoisotopic (exact) mass is 257 g/mol. The lowest BCUT2D eigenvalue weighted by atomic mass is 10.0. The Kier molecular flexibility index (Phi) is 7.17. The summed E-state index contributed by atoms with van der Waals surface area (Å²) in [7, 11) is 0. The molecule has 92 valence electrons. The van der Waals surface area contributed by atoms with Gasteiger partial charge in [-0.3, -0.25) is 0 Å². The van der Waals surface area contributed by atoms with Crippen molar-refractivity contribution in [1.29, 1.82) is 0 Å². The van der Waals surface area contributed by atoms with Crippen LogP contribution in [0.2, 0.25) is 0 Å². The molecular formula is C13H23NS2. The lowest BCUT2D eigenvalue weighted by Crippen LogP contribution is -2.28. The molecule has 1 aromatic heterocycles. The zero-order valence-electron chi connectivity index (χ0n) is 10.5. The summed E-state index contributed by atoms with van der Waals surface area (Å²) in [5.74, 6) is 2.00. The lowest BCUT2D eigenvalue weighted by molar-refractivity contribution is 0.460. The van der Waals surface area contributed by atoms with Gasteiger partial charge in [-0.25, -0.2) is 0 Å². The van der Waals surface area contributed by atoms with Crippen LogP contribution in [0.15, 0.2) is 21.7 Å². The molecule has 0 fully saturated rings. The van der Waals surface area contributed by atoms with Crippen LogP contribution < -0.4 is 5.32 Å². The summed E-state index contributed by atoms with van der Waals surface area (Å²) in [6.45, 7) is 7.98. The summed E-state index contributed by atoms with van der Waals surface area (Å²) in [5.41, 5.74) is 0. The Labute approximate surface area is 108 Å². The highest BCUT2D eigenvalue weighted by Gasteiger charge is 2.02. The van der Waals surface area contributed by atoms with E-state index in [4.69, 9.17) is 0 Å². The van der Waals surface area contributed by atoms with Gasteiger partial charge >= 0.3 is 0 Å². The van der Waals surface area contributed by atoms with Crippen molar-refractivity contribution in [2.24, 2.45) is 5.92 Å². The number of rotatable bonds is 8. The maximum absolute atomic E-state index is 3.58. The average molecular weight is 257 g/mol. The van der Waals surface area contributed by atoms with Crippen molar-refractivity contribution in [1.82, 2.24) is 5.32 Å². The minimum Gasteiger partial charge on any atom is -0.313 e. The number of hydrogen-bond acceptors (Lipinski definition) is 3. The standard InChI is InChI=1S/C13H23NS2/c1-11(2)6-7-12(3)14-8-10-16-13-5-4-9-15-13/h4-5,9,11-12,14H,6-8,10H2,1-3H3. The molecule has 16 heavy (non-hydrogen) atoms. The normalized spacial score (nSPS) is 13.2. The Hall–Kier alpha value is 0.01000. The zero-order chi connectivity index (χ0) is 11.8. The highest BCUT2D eigenvalue weighted by atomic mass is 32.2. The predicted molar refractivity (Wildman–Crippen MR) is 76.6 cm³/mol. The van der Waals surface area contributed by atoms with Crippen molar-refractivity contribution in [3.8, 4) is 0 Å². The molecule has 0 saturated heterocycles. The first-order chi connectivity index (χ1) is 7.68. The molecule has 0 aliphatic carbocycles. The van der Waals surface area contributed by atoms with Crippen molar-refractivity contribution >= 4 is 23.1 Å². The topological polar surface area (TPSA) is 12.0 Å². The molecular weight excluding hydrogens is 234 g/mol. The number of thiophene rings is 1. The van der Waals surface area contributed by atoms with Crippen LogP contribution in [-0.4, -0.2) is 18.3 Å². The Morgan fingerprint density at radius 2 is 2.12 bits per heavy atom. The molecule has 1 unspecified atom stereocenters. The van der Waals surface area contributed by atoms with Gasteiger partial charge in [0, 0.05) is 18.3 Å². The fraction of sp³-hybridized carbons (Fsp3) is 0.692. The van der Waals surface area contributed by atoms with E-state index in [1.807, 2.05) is 23.1 Å². The van der Waals surface area contributed by atoms with Crippen molar-refractivity contribution in [2.45, 2.75) is 43.9 Å². The second-order valence-corrected chi connectivity index (χ2v) is 6.95. The van der Waals surface area contributed by atoms with E-state index in [1.54, 1.807) is 0 Å². The van der Waals surface area contributed by atoms with Crippen LogP contribution in [0.4, 0.5) is 0 Å². The molecule has 0 spiro atoms. The summed E-state index contributed by atoms with van der Waals surface area (Å²) in [4.78, 5) is 0. The fourth-order valence-corrected chi connectivity index (χ4v) is 3.22. The molecule has 0 saturated carbocycles. The Bertz CT molecular complexity index is 257. The molecule has 1 N–H and O–H groups in total. The third kappa shape index (κ3) is 6.56. The maximum Gasteiger partial charge on any atom is 0.0598 e. The molecule has 3 heteroatoms. The van der Waals surface area contributed by atoms with Gasteiger partial charge in [0.2, 0.25) is 0 Å². The quantitative estimate of drug-likeness (QED) is 0.552. The third-order valence-corrected chi connectivity index (χ3v) is 4.64. The van der Waals surface area contributed by atoms with Crippen LogP contribution in [0.25, 0.3) is 0 Å². The second kappa shape index (κ2) is 8.15. The summed E-state index contributed by atoms with van der Waals surface area (Å²) < 4.78 is 1.43. The molecule has 1 atom stereocenters. The van der Waals surface area contributed by atoms with Gasteiger partial charge in [-0.1, -0.05) is 19.9 Å². The van der Waals surface area contributed by atoms with Gasteiger partial charge in [-0.05, 0) is 37.1 Å². The van der Waals surface area contributed by atoms with Crippen LogP contribution in [0.5, 0.6) is 0 Å². The first-order valence-electron chi connectivity index (χ1n) is 6.08. The highest BCUT2D eigenvalue weighted by Crippen LogP contribution is 2.22. The molecule has 0 aliphatic rings. The zero-order valence-corrected chi connectivity index (χ0v) is 12.2. The van der Waals surface area contributed by atoms with Gasteiger partial charge in [0.25, 0.3) is 0 Å². The van der Waals surface area contributed by atoms with Gasteiger partial charge < -0.3 is 5.32 Å². The summed E-state index contributed by atoms with van der Waals surface area (Å²) in [6.07, 6.45) is 2.62. The molecule has 0 radical (unpaired) electrons. The van der Waals surface area contributed by atoms with E-state index >= 15 is 0 Å². The molecule has 1 aromatic rings. The van der Waals surface area contributed by atoms with E-state index in [0.717, 1.165) is 12.5 Å². The van der Waals surface area contributed by atoms with E-state index in [2.05, 4.69) is 43.6 Å². The van der Waals surface area contributed by atoms with E-state index < -0.39 is 0 Å². The van der Waals surface area contributed by atoms with Crippen molar-refractivity contribution in [2.75, 3.05) is 12.3 Å². The smallest absolute Gasteiger partial charge is 0.0598 e. The first kappa shape index (κ1) is 14.1. The number of nitrogens with one attached hydrogen (secondary N) is 1. The van der Waals surface area contributed by atoms with Crippen molar-refractivity contribution in [3.63, 3.8) is 0 Å². The molecule has 0 bridgehead atoms. The van der Waals surface area contributed by atoms with Crippen LogP contribution in [-0.2, 0) is 0 Å². The van der Waals surface area contributed by atoms with Gasteiger partial charge in [0.15, 0.2) is 0 Å². The molecule has 0 amide bonds. The Balaban J connectivity index is 1.98. The number of thioether (sulfide) groups is 1. The molecule has 1 rings (SSSR count). The molecule has 1 nitrogen and oxygen atoms in total. The van der Waals surface area contributed by atoms with Gasteiger partial charge in [0.1, 0.15) is 0 Å². The largest absolute Gasteiger partial charge is 0.313 e. The van der Waals surface area contributed by atoms with Crippen LogP contribution in [0.3, 0.4) is 0 Å². The van der Waals surface area contributed by atoms with Gasteiger partial charge in [0.05, 0.1) is 4.21 Å². The maximum atomic E-state index is 3.58. The van der Waals surface area contributed by atoms with Gasteiger partial charge in [-0.2, -0.15) is 0 Å². The molecule has 0 aliphatic heterocycles. The summed E-state index contributed by atoms with van der Waals surface area (Å²) in [6, 6.07) is 4.97. The minimum absolute atomic E-state index is 0.659. The van der Waals surface area contributed by atoms with Crippen molar-refractivity contribution in [3.05, 3.63) is 17.5 Å². The van der Waals surface area contributed by atoms with E-state index in [-0.39, 0.29) is 0 Å². The number of hydrogen-bond donors (Lipinski definition) is 1. The fourth-order valence-electron chi connectivity index (χ4n) is 1.49. The van der Waals surface area contributed by atoms with Crippen LogP contribution in [0.1, 0.15) is 33.6 Å².